The van der Waals surface area contributed by atoms with Crippen LogP contribution in [0, 0.1) is 0 Å². The van der Waals surface area contributed by atoms with Gasteiger partial charge in [-0.3, -0.25) is 0 Å². The first-order chi connectivity index (χ1) is 8.81. The Balaban J connectivity index is 3.36. The highest BCUT2D eigenvalue weighted by molar-refractivity contribution is 7.71. The lowest BCUT2D eigenvalue weighted by molar-refractivity contribution is 0.0600. The Morgan fingerprint density at radius 3 is 2.42 bits per heavy atom. The molecule has 0 aliphatic rings. The Hall–Kier alpha value is -1.36. The van der Waals surface area contributed by atoms with Gasteiger partial charge in [0.05, 0.1) is 18.4 Å². The standard InChI is InChI=1S/C14H20O4S/c1-5-14(2,3)12-7-6-10(13(15)18-4)8-11(12)9-19(16)17/h6-8,19H,5,9H2,1-4H3. The van der Waals surface area contributed by atoms with E-state index in [4.69, 9.17) is 0 Å². The maximum Gasteiger partial charge on any atom is 0.337 e. The number of rotatable bonds is 5. The SMILES string of the molecule is CCC(C)(C)c1ccc(C(=O)OC)cc1C[SH](=O)=O. The van der Waals surface area contributed by atoms with Crippen LogP contribution in [0.2, 0.25) is 0 Å². The summed E-state index contributed by atoms with van der Waals surface area (Å²) in [6.45, 7) is 6.16. The van der Waals surface area contributed by atoms with Crippen molar-refractivity contribution in [2.75, 3.05) is 7.11 Å². The van der Waals surface area contributed by atoms with E-state index in [2.05, 4.69) is 25.5 Å². The van der Waals surface area contributed by atoms with Crippen molar-refractivity contribution in [2.24, 2.45) is 0 Å². The summed E-state index contributed by atoms with van der Waals surface area (Å²) in [5.41, 5.74) is 1.88. The number of methoxy groups -OCH3 is 1. The molecule has 0 atom stereocenters. The highest BCUT2D eigenvalue weighted by atomic mass is 32.2. The van der Waals surface area contributed by atoms with Crippen molar-refractivity contribution >= 4 is 16.7 Å². The quantitative estimate of drug-likeness (QED) is 0.665. The number of ether oxygens (including phenoxy) is 1. The summed E-state index contributed by atoms with van der Waals surface area (Å²) in [5, 5.41) is 0. The van der Waals surface area contributed by atoms with Crippen molar-refractivity contribution in [3.63, 3.8) is 0 Å². The van der Waals surface area contributed by atoms with Crippen LogP contribution in [0.5, 0.6) is 0 Å². The van der Waals surface area contributed by atoms with Gasteiger partial charge in [-0.1, -0.05) is 26.8 Å². The summed E-state index contributed by atoms with van der Waals surface area (Å²) in [5.74, 6) is -0.512. The van der Waals surface area contributed by atoms with Gasteiger partial charge < -0.3 is 4.74 Å². The van der Waals surface area contributed by atoms with Gasteiger partial charge >= 0.3 is 5.97 Å². The third-order valence-corrected chi connectivity index (χ3v) is 4.04. The van der Waals surface area contributed by atoms with Gasteiger partial charge in [-0.25, -0.2) is 13.2 Å². The van der Waals surface area contributed by atoms with Crippen molar-refractivity contribution in [3.05, 3.63) is 34.9 Å². The molecule has 0 bridgehead atoms. The van der Waals surface area contributed by atoms with Gasteiger partial charge in [0.2, 0.25) is 0 Å². The van der Waals surface area contributed by atoms with Crippen molar-refractivity contribution in [1.29, 1.82) is 0 Å². The zero-order valence-corrected chi connectivity index (χ0v) is 12.6. The fourth-order valence-corrected chi connectivity index (χ4v) is 2.50. The summed E-state index contributed by atoms with van der Waals surface area (Å²) in [6, 6.07) is 5.12. The molecule has 0 saturated heterocycles. The molecular weight excluding hydrogens is 264 g/mol. The lowest BCUT2D eigenvalue weighted by Crippen LogP contribution is -2.19. The Kier molecular flexibility index (Phi) is 5.11. The number of carbonyl (C=O) groups excluding carboxylic acids is 1. The van der Waals surface area contributed by atoms with E-state index in [1.54, 1.807) is 12.1 Å². The zero-order valence-electron chi connectivity index (χ0n) is 11.7. The topological polar surface area (TPSA) is 60.4 Å². The van der Waals surface area contributed by atoms with Crippen LogP contribution < -0.4 is 0 Å². The molecule has 1 aromatic rings. The number of benzene rings is 1. The number of thiol groups is 1. The molecule has 106 valence electrons. The Morgan fingerprint density at radius 2 is 1.95 bits per heavy atom. The van der Waals surface area contributed by atoms with Crippen LogP contribution in [0.1, 0.15) is 48.7 Å². The second-order valence-electron chi connectivity index (χ2n) is 5.09. The van der Waals surface area contributed by atoms with Gasteiger partial charge in [0.1, 0.15) is 10.7 Å². The van der Waals surface area contributed by atoms with Gasteiger partial charge in [0, 0.05) is 0 Å². The lowest BCUT2D eigenvalue weighted by atomic mass is 9.79. The van der Waals surface area contributed by atoms with Crippen molar-refractivity contribution < 1.29 is 17.9 Å². The van der Waals surface area contributed by atoms with Crippen molar-refractivity contribution in [1.82, 2.24) is 0 Å². The first-order valence-corrected chi connectivity index (χ1v) is 7.51. The predicted octanol–water partition coefficient (Wildman–Crippen LogP) is 2.27. The molecule has 0 fully saturated rings. The Morgan fingerprint density at radius 1 is 1.32 bits per heavy atom. The molecule has 0 heterocycles. The van der Waals surface area contributed by atoms with Crippen LogP contribution in [0.15, 0.2) is 18.2 Å². The van der Waals surface area contributed by atoms with E-state index in [-0.39, 0.29) is 11.2 Å². The number of hydrogen-bond acceptors (Lipinski definition) is 4. The first kappa shape index (κ1) is 15.7. The fourth-order valence-electron chi connectivity index (χ4n) is 1.96. The molecule has 0 spiro atoms. The first-order valence-electron chi connectivity index (χ1n) is 6.15. The summed E-state index contributed by atoms with van der Waals surface area (Å²) in [7, 11) is -1.23. The minimum atomic E-state index is -2.53. The fraction of sp³-hybridized carbons (Fsp3) is 0.500. The van der Waals surface area contributed by atoms with Gasteiger partial charge in [-0.2, -0.15) is 0 Å². The van der Waals surface area contributed by atoms with E-state index < -0.39 is 16.7 Å². The van der Waals surface area contributed by atoms with Crippen LogP contribution >= 0.6 is 0 Å². The second kappa shape index (κ2) is 6.19. The lowest BCUT2D eigenvalue weighted by Gasteiger charge is -2.26. The average Bonchev–Trinajstić information content (AvgIpc) is 2.36. The smallest absolute Gasteiger partial charge is 0.337 e. The molecule has 0 aliphatic heterocycles. The minimum Gasteiger partial charge on any atom is -0.465 e. The largest absolute Gasteiger partial charge is 0.465 e. The van der Waals surface area contributed by atoms with Crippen molar-refractivity contribution in [2.45, 2.75) is 38.4 Å². The summed E-state index contributed by atoms with van der Waals surface area (Å²) in [4.78, 5) is 11.5. The van der Waals surface area contributed by atoms with E-state index in [1.807, 2.05) is 6.07 Å². The normalized spacial score (nSPS) is 11.6. The van der Waals surface area contributed by atoms with Crippen LogP contribution in [0.25, 0.3) is 0 Å². The third kappa shape index (κ3) is 3.80. The Labute approximate surface area is 115 Å². The monoisotopic (exact) mass is 284 g/mol. The minimum absolute atomic E-state index is 0.0566. The van der Waals surface area contributed by atoms with E-state index in [0.717, 1.165) is 12.0 Å². The summed E-state index contributed by atoms with van der Waals surface area (Å²) >= 11 is 0. The number of hydrogen-bond donors (Lipinski definition) is 1. The summed E-state index contributed by atoms with van der Waals surface area (Å²) < 4.78 is 26.7. The molecule has 19 heavy (non-hydrogen) atoms. The average molecular weight is 284 g/mol. The van der Waals surface area contributed by atoms with Crippen LogP contribution in [-0.2, 0) is 26.6 Å². The molecule has 0 N–H and O–H groups in total. The molecule has 0 aromatic heterocycles. The summed E-state index contributed by atoms with van der Waals surface area (Å²) in [6.07, 6.45) is 0.882. The van der Waals surface area contributed by atoms with Gasteiger partial charge in [-0.05, 0) is 35.1 Å². The van der Waals surface area contributed by atoms with Gasteiger partial charge in [-0.15, -0.1) is 0 Å². The predicted molar refractivity (Wildman–Crippen MR) is 75.1 cm³/mol. The van der Waals surface area contributed by atoms with E-state index in [9.17, 15) is 13.2 Å². The molecular formula is C14H20O4S. The van der Waals surface area contributed by atoms with Crippen LogP contribution in [0.3, 0.4) is 0 Å². The molecule has 0 radical (unpaired) electrons. The number of esters is 1. The second-order valence-corrected chi connectivity index (χ2v) is 6.07. The highest BCUT2D eigenvalue weighted by Crippen LogP contribution is 2.30. The van der Waals surface area contributed by atoms with Gasteiger partial charge in [0.15, 0.2) is 0 Å². The number of carbonyl (C=O) groups is 1. The van der Waals surface area contributed by atoms with Gasteiger partial charge in [0.25, 0.3) is 0 Å². The third-order valence-electron chi connectivity index (χ3n) is 3.44. The van der Waals surface area contributed by atoms with Crippen molar-refractivity contribution in [3.8, 4) is 0 Å². The molecule has 0 unspecified atom stereocenters. The molecule has 0 amide bonds. The Bertz CT molecular complexity index is 536. The molecule has 1 rings (SSSR count). The van der Waals surface area contributed by atoms with Crippen LogP contribution in [0.4, 0.5) is 0 Å². The maximum absolute atomic E-state index is 11.5. The van der Waals surface area contributed by atoms with E-state index in [1.165, 1.54) is 7.11 Å². The highest BCUT2D eigenvalue weighted by Gasteiger charge is 2.23. The molecule has 1 aromatic carbocycles. The maximum atomic E-state index is 11.5. The molecule has 5 heteroatoms. The van der Waals surface area contributed by atoms with Crippen LogP contribution in [-0.4, -0.2) is 21.5 Å². The molecule has 0 saturated carbocycles. The van der Waals surface area contributed by atoms with E-state index in [0.29, 0.717) is 11.1 Å². The molecule has 4 nitrogen and oxygen atoms in total. The van der Waals surface area contributed by atoms with E-state index >= 15 is 0 Å². The zero-order chi connectivity index (χ0) is 14.6. The molecule has 0 aliphatic carbocycles.